The van der Waals surface area contributed by atoms with Crippen LogP contribution in [0.4, 0.5) is 5.69 Å². The lowest BCUT2D eigenvalue weighted by Crippen LogP contribution is -2.22. The van der Waals surface area contributed by atoms with E-state index >= 15 is 0 Å². The number of carbonyl (C=O) groups excluding carboxylic acids is 1. The van der Waals surface area contributed by atoms with Crippen LogP contribution in [0.15, 0.2) is 41.0 Å². The molecule has 120 valence electrons. The maximum absolute atomic E-state index is 11.9. The first kappa shape index (κ1) is 16.9. The van der Waals surface area contributed by atoms with Gasteiger partial charge >= 0.3 is 0 Å². The van der Waals surface area contributed by atoms with Gasteiger partial charge in [-0.15, -0.1) is 0 Å². The highest BCUT2D eigenvalue weighted by Gasteiger charge is 2.08. The second-order valence-corrected chi connectivity index (χ2v) is 5.51. The van der Waals surface area contributed by atoms with Crippen LogP contribution in [0.3, 0.4) is 0 Å². The highest BCUT2D eigenvalue weighted by molar-refractivity contribution is 9.10. The number of aromatic nitrogens is 2. The lowest BCUT2D eigenvalue weighted by Gasteiger charge is -2.06. The topological polar surface area (TPSA) is 90.1 Å². The van der Waals surface area contributed by atoms with Crippen LogP contribution in [0.2, 0.25) is 0 Å². The number of amides is 1. The number of benzene rings is 1. The molecule has 0 aliphatic carbocycles. The summed E-state index contributed by atoms with van der Waals surface area (Å²) in [6, 6.07) is 6.08. The first-order valence-corrected chi connectivity index (χ1v) is 7.71. The van der Waals surface area contributed by atoms with Gasteiger partial charge in [0, 0.05) is 24.8 Å². The van der Waals surface area contributed by atoms with Crippen LogP contribution in [-0.2, 0) is 17.9 Å². The molecule has 0 aliphatic heterocycles. The molecule has 0 fully saturated rings. The third kappa shape index (κ3) is 4.49. The van der Waals surface area contributed by atoms with Crippen molar-refractivity contribution in [3.05, 3.63) is 62.4 Å². The molecule has 2 aromatic rings. The Balaban J connectivity index is 1.98. The summed E-state index contributed by atoms with van der Waals surface area (Å²) >= 11 is 3.39. The Hall–Kier alpha value is -2.48. The number of carbonyl (C=O) groups is 1. The number of halogens is 1. The Labute approximate surface area is 141 Å². The molecule has 1 aromatic heterocycles. The average Bonchev–Trinajstić information content (AvgIpc) is 2.91. The van der Waals surface area contributed by atoms with E-state index < -0.39 is 4.92 Å². The fourth-order valence-corrected chi connectivity index (χ4v) is 2.42. The van der Waals surface area contributed by atoms with Gasteiger partial charge in [-0.1, -0.05) is 12.1 Å². The van der Waals surface area contributed by atoms with Gasteiger partial charge in [-0.2, -0.15) is 5.10 Å². The van der Waals surface area contributed by atoms with Crippen LogP contribution < -0.4 is 5.32 Å². The van der Waals surface area contributed by atoms with Gasteiger partial charge in [-0.3, -0.25) is 19.6 Å². The maximum Gasteiger partial charge on any atom is 0.270 e. The third-order valence-corrected chi connectivity index (χ3v) is 3.80. The fourth-order valence-electron chi connectivity index (χ4n) is 1.98. The number of non-ortho nitro benzene ring substituents is 1. The highest BCUT2D eigenvalue weighted by Crippen LogP contribution is 2.16. The molecule has 2 rings (SSSR count). The van der Waals surface area contributed by atoms with Crippen molar-refractivity contribution >= 4 is 33.6 Å². The van der Waals surface area contributed by atoms with Gasteiger partial charge in [0.2, 0.25) is 5.91 Å². The molecule has 0 spiro atoms. The number of nitro benzene ring substituents is 1. The van der Waals surface area contributed by atoms with Crippen molar-refractivity contribution in [3.8, 4) is 0 Å². The van der Waals surface area contributed by atoms with Crippen LogP contribution in [0.1, 0.15) is 18.2 Å². The zero-order valence-corrected chi connectivity index (χ0v) is 14.0. The number of aryl methyl sites for hydroxylation is 1. The number of hydrogen-bond donors (Lipinski definition) is 1. The number of nitrogens with one attached hydrogen (secondary N) is 1. The summed E-state index contributed by atoms with van der Waals surface area (Å²) < 4.78 is 2.62. The molecule has 0 saturated heterocycles. The second kappa shape index (κ2) is 7.68. The average molecular weight is 379 g/mol. The van der Waals surface area contributed by atoms with E-state index in [0.29, 0.717) is 18.7 Å². The normalized spacial score (nSPS) is 10.9. The molecule has 23 heavy (non-hydrogen) atoms. The lowest BCUT2D eigenvalue weighted by atomic mass is 10.2. The van der Waals surface area contributed by atoms with E-state index in [1.54, 1.807) is 23.0 Å². The van der Waals surface area contributed by atoms with E-state index in [2.05, 4.69) is 26.3 Å². The minimum Gasteiger partial charge on any atom is -0.347 e. The first-order valence-electron chi connectivity index (χ1n) is 6.91. The molecule has 0 aliphatic rings. The SMILES string of the molecule is CCn1ncc(Br)c1CNC(=O)/C=C/c1cccc([N+](=O)[O-])c1. The molecule has 0 unspecified atom stereocenters. The Bertz CT molecular complexity index is 755. The van der Waals surface area contributed by atoms with Gasteiger partial charge in [0.1, 0.15) is 0 Å². The number of hydrogen-bond acceptors (Lipinski definition) is 4. The Morgan fingerprint density at radius 3 is 3.00 bits per heavy atom. The zero-order valence-electron chi connectivity index (χ0n) is 12.4. The van der Waals surface area contributed by atoms with E-state index in [0.717, 1.165) is 10.2 Å². The third-order valence-electron chi connectivity index (χ3n) is 3.14. The summed E-state index contributed by atoms with van der Waals surface area (Å²) in [4.78, 5) is 22.1. The molecule has 8 heteroatoms. The van der Waals surface area contributed by atoms with Crippen LogP contribution in [0, 0.1) is 10.1 Å². The predicted molar refractivity (Wildman–Crippen MR) is 89.6 cm³/mol. The summed E-state index contributed by atoms with van der Waals surface area (Å²) in [5, 5.41) is 17.6. The molecule has 0 bridgehead atoms. The second-order valence-electron chi connectivity index (χ2n) is 4.66. The molecule has 1 N–H and O–H groups in total. The van der Waals surface area contributed by atoms with Crippen LogP contribution >= 0.6 is 15.9 Å². The van der Waals surface area contributed by atoms with E-state index in [4.69, 9.17) is 0 Å². The summed E-state index contributed by atoms with van der Waals surface area (Å²) in [6.07, 6.45) is 4.57. The quantitative estimate of drug-likeness (QED) is 0.475. The highest BCUT2D eigenvalue weighted by atomic mass is 79.9. The first-order chi connectivity index (χ1) is 11.0. The number of nitrogens with zero attached hydrogens (tertiary/aromatic N) is 3. The molecule has 1 heterocycles. The van der Waals surface area contributed by atoms with Crippen molar-refractivity contribution in [2.24, 2.45) is 0 Å². The summed E-state index contributed by atoms with van der Waals surface area (Å²) in [6.45, 7) is 3.01. The smallest absolute Gasteiger partial charge is 0.270 e. The molecular formula is C15H15BrN4O3. The molecule has 7 nitrogen and oxygen atoms in total. The van der Waals surface area contributed by atoms with Gasteiger partial charge in [0.15, 0.2) is 0 Å². The van der Waals surface area contributed by atoms with Crippen molar-refractivity contribution in [1.29, 1.82) is 0 Å². The zero-order chi connectivity index (χ0) is 16.8. The molecule has 1 amide bonds. The molecule has 0 radical (unpaired) electrons. The lowest BCUT2D eigenvalue weighted by molar-refractivity contribution is -0.384. The summed E-state index contributed by atoms with van der Waals surface area (Å²) in [7, 11) is 0. The Morgan fingerprint density at radius 1 is 1.52 bits per heavy atom. The van der Waals surface area contributed by atoms with Crippen LogP contribution in [0.25, 0.3) is 6.08 Å². The minimum absolute atomic E-state index is 0.0108. The standard InChI is InChI=1S/C15H15BrN4O3/c1-2-19-14(13(16)9-18-19)10-17-15(21)7-6-11-4-3-5-12(8-11)20(22)23/h3-9H,2,10H2,1H3,(H,17,21)/b7-6+. The maximum atomic E-state index is 11.9. The van der Waals surface area contributed by atoms with Gasteiger partial charge in [0.25, 0.3) is 5.69 Å². The molecule has 0 saturated carbocycles. The number of nitro groups is 1. The van der Waals surface area contributed by atoms with Gasteiger partial charge < -0.3 is 5.32 Å². The van der Waals surface area contributed by atoms with Gasteiger partial charge in [-0.05, 0) is 34.5 Å². The van der Waals surface area contributed by atoms with E-state index in [1.807, 2.05) is 6.92 Å². The number of rotatable bonds is 6. The molecular weight excluding hydrogens is 364 g/mol. The van der Waals surface area contributed by atoms with Gasteiger partial charge in [-0.25, -0.2) is 0 Å². The molecule has 1 aromatic carbocycles. The molecule has 0 atom stereocenters. The summed E-state index contributed by atoms with van der Waals surface area (Å²) in [5.41, 5.74) is 1.46. The van der Waals surface area contributed by atoms with Crippen molar-refractivity contribution in [3.63, 3.8) is 0 Å². The van der Waals surface area contributed by atoms with Gasteiger partial charge in [0.05, 0.1) is 27.8 Å². The van der Waals surface area contributed by atoms with Crippen LogP contribution in [-0.4, -0.2) is 20.6 Å². The Kier molecular flexibility index (Phi) is 5.64. The van der Waals surface area contributed by atoms with Crippen molar-refractivity contribution in [2.45, 2.75) is 20.0 Å². The minimum atomic E-state index is -0.471. The van der Waals surface area contributed by atoms with Crippen molar-refractivity contribution in [2.75, 3.05) is 0 Å². The largest absolute Gasteiger partial charge is 0.347 e. The van der Waals surface area contributed by atoms with E-state index in [9.17, 15) is 14.9 Å². The van der Waals surface area contributed by atoms with E-state index in [-0.39, 0.29) is 11.6 Å². The van der Waals surface area contributed by atoms with Crippen LogP contribution in [0.5, 0.6) is 0 Å². The Morgan fingerprint density at radius 2 is 2.30 bits per heavy atom. The van der Waals surface area contributed by atoms with E-state index in [1.165, 1.54) is 24.3 Å². The monoisotopic (exact) mass is 378 g/mol. The predicted octanol–water partition coefficient (Wildman–Crippen LogP) is 2.90. The van der Waals surface area contributed by atoms with Crippen molar-refractivity contribution < 1.29 is 9.72 Å². The summed E-state index contributed by atoms with van der Waals surface area (Å²) in [5.74, 6) is -0.285. The van der Waals surface area contributed by atoms with Crippen molar-refractivity contribution in [1.82, 2.24) is 15.1 Å². The fraction of sp³-hybridized carbons (Fsp3) is 0.200.